The van der Waals surface area contributed by atoms with Gasteiger partial charge < -0.3 is 10.2 Å². The highest BCUT2D eigenvalue weighted by atomic mass is 32.2. The molecule has 3 heteroatoms. The maximum absolute atomic E-state index is 3.43. The van der Waals surface area contributed by atoms with Gasteiger partial charge in [0.1, 0.15) is 0 Å². The van der Waals surface area contributed by atoms with Crippen molar-refractivity contribution in [3.05, 3.63) is 35.4 Å². The summed E-state index contributed by atoms with van der Waals surface area (Å²) in [6, 6.07) is 8.70. The molecule has 0 atom stereocenters. The Bertz CT molecular complexity index is 375. The Balaban J connectivity index is 1.67. The molecular weight excluding hydrogens is 252 g/mol. The fraction of sp³-hybridized carbons (Fsp3) is 0.625. The number of thioether (sulfide) groups is 1. The number of nitrogens with zero attached hydrogens (tertiary/aromatic N) is 1. The van der Waals surface area contributed by atoms with E-state index in [1.165, 1.54) is 49.4 Å². The Labute approximate surface area is 122 Å². The summed E-state index contributed by atoms with van der Waals surface area (Å²) in [6.07, 6.45) is 2.68. The van der Waals surface area contributed by atoms with E-state index in [9.17, 15) is 0 Å². The second kappa shape index (κ2) is 7.93. The molecule has 1 saturated heterocycles. The number of nitrogens with one attached hydrogen (secondary N) is 1. The Morgan fingerprint density at radius 2 is 2.00 bits per heavy atom. The quantitative estimate of drug-likeness (QED) is 0.861. The third kappa shape index (κ3) is 5.17. The summed E-state index contributed by atoms with van der Waals surface area (Å²) in [7, 11) is 2.23. The van der Waals surface area contributed by atoms with Crippen LogP contribution in [0.2, 0.25) is 0 Å². The van der Waals surface area contributed by atoms with E-state index in [-0.39, 0.29) is 0 Å². The summed E-state index contributed by atoms with van der Waals surface area (Å²) < 4.78 is 0. The monoisotopic (exact) mass is 278 g/mol. The minimum Gasteiger partial charge on any atom is -0.317 e. The fourth-order valence-corrected chi connectivity index (χ4v) is 3.81. The van der Waals surface area contributed by atoms with Crippen molar-refractivity contribution in [3.8, 4) is 0 Å². The summed E-state index contributed by atoms with van der Waals surface area (Å²) in [5.74, 6) is 1.26. The molecule has 1 heterocycles. The topological polar surface area (TPSA) is 15.3 Å². The molecule has 1 aliphatic heterocycles. The molecule has 0 bridgehead atoms. The zero-order valence-corrected chi connectivity index (χ0v) is 13.0. The first-order valence-corrected chi connectivity index (χ1v) is 8.36. The molecule has 2 rings (SSSR count). The fourth-order valence-electron chi connectivity index (χ4n) is 2.49. The number of benzene rings is 1. The Morgan fingerprint density at radius 1 is 1.26 bits per heavy atom. The lowest BCUT2D eigenvalue weighted by Crippen LogP contribution is -2.30. The number of piperidine rings is 1. The molecule has 0 spiro atoms. The second-order valence-corrected chi connectivity index (χ2v) is 6.89. The molecule has 0 saturated carbocycles. The average molecular weight is 278 g/mol. The highest BCUT2D eigenvalue weighted by Gasteiger charge is 2.13. The van der Waals surface area contributed by atoms with Crippen LogP contribution < -0.4 is 5.32 Å². The molecule has 0 amide bonds. The minimum absolute atomic E-state index is 0.883. The highest BCUT2D eigenvalue weighted by Crippen LogP contribution is 2.20. The lowest BCUT2D eigenvalue weighted by atomic mass is 10.1. The first-order valence-electron chi connectivity index (χ1n) is 7.31. The van der Waals surface area contributed by atoms with Crippen LogP contribution >= 0.6 is 11.8 Å². The summed E-state index contributed by atoms with van der Waals surface area (Å²) >= 11 is 2.16. The van der Waals surface area contributed by atoms with Crippen molar-refractivity contribution in [3.63, 3.8) is 0 Å². The van der Waals surface area contributed by atoms with E-state index in [2.05, 4.69) is 60.2 Å². The van der Waals surface area contributed by atoms with Crippen LogP contribution in [0.4, 0.5) is 0 Å². The van der Waals surface area contributed by atoms with Crippen LogP contribution in [0.15, 0.2) is 24.3 Å². The van der Waals surface area contributed by atoms with E-state index in [0.717, 1.165) is 11.8 Å². The van der Waals surface area contributed by atoms with Gasteiger partial charge in [0.25, 0.3) is 0 Å². The van der Waals surface area contributed by atoms with Crippen LogP contribution in [0.1, 0.15) is 24.0 Å². The van der Waals surface area contributed by atoms with Crippen LogP contribution in [0, 0.1) is 6.92 Å². The molecule has 2 nitrogen and oxygen atoms in total. The molecule has 1 aliphatic rings. The summed E-state index contributed by atoms with van der Waals surface area (Å²) in [4.78, 5) is 2.44. The lowest BCUT2D eigenvalue weighted by molar-refractivity contribution is 0.347. The zero-order valence-electron chi connectivity index (χ0n) is 12.2. The third-order valence-electron chi connectivity index (χ3n) is 3.81. The molecule has 19 heavy (non-hydrogen) atoms. The van der Waals surface area contributed by atoms with Crippen molar-refractivity contribution in [2.24, 2.45) is 0 Å². The van der Waals surface area contributed by atoms with E-state index in [0.29, 0.717) is 0 Å². The Morgan fingerprint density at radius 3 is 2.74 bits per heavy atom. The number of hydrogen-bond acceptors (Lipinski definition) is 3. The van der Waals surface area contributed by atoms with Crippen LogP contribution in [-0.4, -0.2) is 42.6 Å². The smallest absolute Gasteiger partial charge is 0.0233 e. The third-order valence-corrected chi connectivity index (χ3v) is 5.18. The maximum atomic E-state index is 3.43. The summed E-state index contributed by atoms with van der Waals surface area (Å²) in [5.41, 5.74) is 2.86. The van der Waals surface area contributed by atoms with Crippen molar-refractivity contribution in [2.75, 3.05) is 32.4 Å². The number of aryl methyl sites for hydroxylation is 1. The zero-order chi connectivity index (χ0) is 13.5. The van der Waals surface area contributed by atoms with Crippen molar-refractivity contribution in [1.29, 1.82) is 0 Å². The molecule has 0 radical (unpaired) electrons. The first kappa shape index (κ1) is 14.9. The predicted molar refractivity (Wildman–Crippen MR) is 85.9 cm³/mol. The van der Waals surface area contributed by atoms with Gasteiger partial charge in [-0.05, 0) is 51.0 Å². The summed E-state index contributed by atoms with van der Waals surface area (Å²) in [6.45, 7) is 6.86. The van der Waals surface area contributed by atoms with Gasteiger partial charge in [0, 0.05) is 24.1 Å². The molecule has 1 N–H and O–H groups in total. The normalized spacial score (nSPS) is 17.0. The Kier molecular flexibility index (Phi) is 6.21. The van der Waals surface area contributed by atoms with Gasteiger partial charge in [-0.3, -0.25) is 0 Å². The lowest BCUT2D eigenvalue weighted by Gasteiger charge is -2.23. The van der Waals surface area contributed by atoms with Crippen LogP contribution in [0.25, 0.3) is 0 Å². The standard InChI is InChI=1S/C16H26N2S/c1-14-5-3-4-6-15(14)13-18(2)11-12-19-16-7-9-17-10-8-16/h3-6,16-17H,7-13H2,1-2H3. The maximum Gasteiger partial charge on any atom is 0.0233 e. The number of rotatable bonds is 6. The molecule has 1 aromatic carbocycles. The summed E-state index contributed by atoms with van der Waals surface area (Å²) in [5, 5.41) is 4.31. The molecule has 1 fully saturated rings. The van der Waals surface area contributed by atoms with E-state index >= 15 is 0 Å². The largest absolute Gasteiger partial charge is 0.317 e. The van der Waals surface area contributed by atoms with Gasteiger partial charge in [-0.1, -0.05) is 24.3 Å². The second-order valence-electron chi connectivity index (χ2n) is 5.48. The highest BCUT2D eigenvalue weighted by molar-refractivity contribution is 7.99. The van der Waals surface area contributed by atoms with Crippen LogP contribution in [0.3, 0.4) is 0 Å². The van der Waals surface area contributed by atoms with Crippen molar-refractivity contribution in [1.82, 2.24) is 10.2 Å². The molecular formula is C16H26N2S. The molecule has 1 aromatic rings. The minimum atomic E-state index is 0.883. The van der Waals surface area contributed by atoms with Crippen LogP contribution in [-0.2, 0) is 6.54 Å². The number of hydrogen-bond donors (Lipinski definition) is 1. The van der Waals surface area contributed by atoms with Gasteiger partial charge >= 0.3 is 0 Å². The van der Waals surface area contributed by atoms with Gasteiger partial charge in [-0.15, -0.1) is 0 Å². The SMILES string of the molecule is Cc1ccccc1CN(C)CCSC1CCNCC1. The van der Waals surface area contributed by atoms with Gasteiger partial charge in [-0.2, -0.15) is 11.8 Å². The molecule has 0 aliphatic carbocycles. The first-order chi connectivity index (χ1) is 9.25. The molecule has 0 unspecified atom stereocenters. The Hall–Kier alpha value is -0.510. The van der Waals surface area contributed by atoms with Gasteiger partial charge in [-0.25, -0.2) is 0 Å². The van der Waals surface area contributed by atoms with E-state index in [4.69, 9.17) is 0 Å². The predicted octanol–water partition coefficient (Wildman–Crippen LogP) is 2.91. The van der Waals surface area contributed by atoms with Crippen molar-refractivity contribution >= 4 is 11.8 Å². The molecule has 106 valence electrons. The van der Waals surface area contributed by atoms with E-state index in [1.54, 1.807) is 0 Å². The van der Waals surface area contributed by atoms with Crippen molar-refractivity contribution in [2.45, 2.75) is 31.6 Å². The van der Waals surface area contributed by atoms with Gasteiger partial charge in [0.05, 0.1) is 0 Å². The van der Waals surface area contributed by atoms with Gasteiger partial charge in [0.2, 0.25) is 0 Å². The van der Waals surface area contributed by atoms with Crippen LogP contribution in [0.5, 0.6) is 0 Å². The molecule has 0 aromatic heterocycles. The van der Waals surface area contributed by atoms with Gasteiger partial charge in [0.15, 0.2) is 0 Å². The van der Waals surface area contributed by atoms with E-state index in [1.807, 2.05) is 0 Å². The van der Waals surface area contributed by atoms with E-state index < -0.39 is 0 Å². The average Bonchev–Trinajstić information content (AvgIpc) is 2.43. The van der Waals surface area contributed by atoms with Crippen molar-refractivity contribution < 1.29 is 0 Å².